The van der Waals surface area contributed by atoms with Gasteiger partial charge < -0.3 is 10.1 Å². The number of fused-ring (bicyclic) bond motifs is 1. The van der Waals surface area contributed by atoms with Crippen molar-refractivity contribution in [2.24, 2.45) is 5.92 Å². The van der Waals surface area contributed by atoms with Gasteiger partial charge >= 0.3 is 0 Å². The fourth-order valence-corrected chi connectivity index (χ4v) is 4.74. The number of nitrogens with one attached hydrogen (secondary N) is 2. The Balaban J connectivity index is 1.38. The van der Waals surface area contributed by atoms with E-state index in [9.17, 15) is 14.8 Å². The van der Waals surface area contributed by atoms with Gasteiger partial charge in [-0.2, -0.15) is 0 Å². The number of amides is 2. The zero-order valence-corrected chi connectivity index (χ0v) is 19.8. The Bertz CT molecular complexity index is 1430. The Kier molecular flexibility index (Phi) is 6.35. The lowest BCUT2D eigenvalue weighted by atomic mass is 9.91. The molecule has 1 aliphatic carbocycles. The molecule has 1 aliphatic rings. The van der Waals surface area contributed by atoms with Crippen molar-refractivity contribution >= 4 is 22.7 Å². The molecule has 2 atom stereocenters. The van der Waals surface area contributed by atoms with E-state index in [1.165, 1.54) is 0 Å². The van der Waals surface area contributed by atoms with Crippen molar-refractivity contribution in [1.29, 1.82) is 0 Å². The molecule has 2 aromatic heterocycles. The maximum absolute atomic E-state index is 13.4. The summed E-state index contributed by atoms with van der Waals surface area (Å²) < 4.78 is 6.13. The second-order valence-electron chi connectivity index (χ2n) is 9.00. The van der Waals surface area contributed by atoms with Gasteiger partial charge in [0.2, 0.25) is 11.8 Å². The monoisotopic (exact) mass is 482 g/mol. The molecule has 2 heterocycles. The minimum absolute atomic E-state index is 0.277. The minimum Gasteiger partial charge on any atom is -0.489 e. The molecule has 5 rings (SSSR count). The van der Waals surface area contributed by atoms with Crippen LogP contribution in [0.5, 0.6) is 5.75 Å². The van der Waals surface area contributed by atoms with Gasteiger partial charge in [-0.25, -0.2) is 5.48 Å². The van der Waals surface area contributed by atoms with E-state index in [0.717, 1.165) is 27.7 Å². The largest absolute Gasteiger partial charge is 0.489 e. The smallest absolute Gasteiger partial charge is 0.247 e. The van der Waals surface area contributed by atoms with E-state index in [-0.39, 0.29) is 5.91 Å². The molecule has 36 heavy (non-hydrogen) atoms. The average molecular weight is 483 g/mol. The van der Waals surface area contributed by atoms with E-state index >= 15 is 0 Å². The lowest BCUT2D eigenvalue weighted by Crippen LogP contribution is -2.38. The van der Waals surface area contributed by atoms with Crippen LogP contribution in [0.15, 0.2) is 79.1 Å². The number of aryl methyl sites for hydroxylation is 1. The number of ether oxygens (including phenoxy) is 1. The van der Waals surface area contributed by atoms with Crippen LogP contribution < -0.4 is 15.5 Å². The van der Waals surface area contributed by atoms with Crippen LogP contribution in [-0.2, 0) is 28.2 Å². The van der Waals surface area contributed by atoms with Gasteiger partial charge in [-0.1, -0.05) is 30.3 Å². The van der Waals surface area contributed by atoms with Crippen LogP contribution in [0.1, 0.15) is 28.8 Å². The summed E-state index contributed by atoms with van der Waals surface area (Å²) in [7, 11) is 0. The second kappa shape index (κ2) is 9.75. The molecule has 2 unspecified atom stereocenters. The third-order valence-electron chi connectivity index (χ3n) is 6.67. The summed E-state index contributed by atoms with van der Waals surface area (Å²) in [5.74, 6) is -0.954. The summed E-state index contributed by atoms with van der Waals surface area (Å²) in [6.07, 6.45) is 3.61. The van der Waals surface area contributed by atoms with E-state index < -0.39 is 17.2 Å². The molecule has 8 nitrogen and oxygen atoms in total. The topological polar surface area (TPSA) is 113 Å². The molecule has 2 amide bonds. The van der Waals surface area contributed by atoms with Gasteiger partial charge in [-0.15, -0.1) is 0 Å². The third-order valence-corrected chi connectivity index (χ3v) is 6.67. The Labute approximate surface area is 208 Å². The van der Waals surface area contributed by atoms with E-state index in [2.05, 4.69) is 15.3 Å². The fraction of sp³-hybridized carbons (Fsp3) is 0.214. The van der Waals surface area contributed by atoms with Gasteiger partial charge in [0.15, 0.2) is 0 Å². The van der Waals surface area contributed by atoms with E-state index in [0.29, 0.717) is 30.9 Å². The molecule has 3 N–H and O–H groups in total. The lowest BCUT2D eigenvalue weighted by molar-refractivity contribution is -0.133. The van der Waals surface area contributed by atoms with Gasteiger partial charge in [0.25, 0.3) is 0 Å². The van der Waals surface area contributed by atoms with Gasteiger partial charge in [-0.3, -0.25) is 24.8 Å². The van der Waals surface area contributed by atoms with Crippen molar-refractivity contribution in [1.82, 2.24) is 20.8 Å². The summed E-state index contributed by atoms with van der Waals surface area (Å²) >= 11 is 0. The van der Waals surface area contributed by atoms with Crippen molar-refractivity contribution < 1.29 is 19.5 Å². The number of carbonyl (C=O) groups excluding carboxylic acids is 2. The molecule has 0 spiro atoms. The average Bonchev–Trinajstić information content (AvgIpc) is 3.68. The molecule has 8 heteroatoms. The van der Waals surface area contributed by atoms with Crippen molar-refractivity contribution in [3.63, 3.8) is 0 Å². The standard InChI is InChI=1S/C28H26N4O4/c1-18-13-20(23-7-2-3-8-25(23)31-18)17-36-22-6-4-5-21(14-22)28(15-24(28)26(33)32-35)27(34)30-16-19-9-11-29-12-10-19/h2-14,24,35H,15-17H2,1H3,(H,30,34)(H,32,33). The van der Waals surface area contributed by atoms with Crippen LogP contribution in [0.2, 0.25) is 0 Å². The Morgan fingerprint density at radius 3 is 2.69 bits per heavy atom. The van der Waals surface area contributed by atoms with Crippen LogP contribution in [0.4, 0.5) is 0 Å². The number of hydrogen-bond donors (Lipinski definition) is 3. The van der Waals surface area contributed by atoms with Crippen LogP contribution in [0, 0.1) is 12.8 Å². The molecule has 0 saturated heterocycles. The first kappa shape index (κ1) is 23.4. The first-order valence-electron chi connectivity index (χ1n) is 11.7. The quantitative estimate of drug-likeness (QED) is 0.261. The Hall–Kier alpha value is -4.30. The molecule has 0 bridgehead atoms. The lowest BCUT2D eigenvalue weighted by Gasteiger charge is -2.19. The van der Waals surface area contributed by atoms with Gasteiger partial charge in [0.05, 0.1) is 16.8 Å². The highest BCUT2D eigenvalue weighted by Crippen LogP contribution is 2.55. The number of para-hydroxylation sites is 1. The molecule has 1 saturated carbocycles. The summed E-state index contributed by atoms with van der Waals surface area (Å²) in [4.78, 5) is 34.2. The van der Waals surface area contributed by atoms with Crippen LogP contribution >= 0.6 is 0 Å². The molecular weight excluding hydrogens is 456 g/mol. The molecule has 4 aromatic rings. The molecule has 0 radical (unpaired) electrons. The van der Waals surface area contributed by atoms with E-state index in [4.69, 9.17) is 4.74 Å². The van der Waals surface area contributed by atoms with Gasteiger partial charge in [0.1, 0.15) is 12.4 Å². The summed E-state index contributed by atoms with van der Waals surface area (Å²) in [5, 5.41) is 13.2. The molecule has 182 valence electrons. The van der Waals surface area contributed by atoms with Gasteiger partial charge in [0, 0.05) is 35.6 Å². The summed E-state index contributed by atoms with van der Waals surface area (Å²) in [6.45, 7) is 2.58. The van der Waals surface area contributed by atoms with E-state index in [1.807, 2.05) is 67.6 Å². The number of carbonyl (C=O) groups is 2. The van der Waals surface area contributed by atoms with Crippen LogP contribution in [0.3, 0.4) is 0 Å². The summed E-state index contributed by atoms with van der Waals surface area (Å²) in [6, 6.07) is 20.8. The van der Waals surface area contributed by atoms with Crippen molar-refractivity contribution in [3.05, 3.63) is 102 Å². The summed E-state index contributed by atoms with van der Waals surface area (Å²) in [5.41, 5.74) is 5.00. The predicted molar refractivity (Wildman–Crippen MR) is 133 cm³/mol. The SMILES string of the molecule is Cc1cc(COc2cccc(C3(C(=O)NCc4ccncc4)CC3C(=O)NO)c2)c2ccccc2n1. The van der Waals surface area contributed by atoms with E-state index in [1.54, 1.807) is 23.9 Å². The van der Waals surface area contributed by atoms with Crippen molar-refractivity contribution in [3.8, 4) is 5.75 Å². The Morgan fingerprint density at radius 1 is 1.08 bits per heavy atom. The minimum atomic E-state index is -1.08. The zero-order chi connectivity index (χ0) is 25.1. The fourth-order valence-electron chi connectivity index (χ4n) is 4.74. The first-order valence-corrected chi connectivity index (χ1v) is 11.7. The van der Waals surface area contributed by atoms with Crippen molar-refractivity contribution in [2.75, 3.05) is 0 Å². The molecule has 1 fully saturated rings. The van der Waals surface area contributed by atoms with Crippen LogP contribution in [-0.4, -0.2) is 27.0 Å². The third kappa shape index (κ3) is 4.50. The molecule has 2 aromatic carbocycles. The number of aromatic nitrogens is 2. The predicted octanol–water partition coefficient (Wildman–Crippen LogP) is 3.60. The highest BCUT2D eigenvalue weighted by molar-refractivity contribution is 6.00. The highest BCUT2D eigenvalue weighted by Gasteiger charge is 2.64. The Morgan fingerprint density at radius 2 is 1.89 bits per heavy atom. The normalized spacial score (nSPS) is 18.4. The number of rotatable bonds is 8. The number of pyridine rings is 2. The number of hydroxylamine groups is 1. The maximum atomic E-state index is 13.4. The van der Waals surface area contributed by atoms with Crippen LogP contribution in [0.25, 0.3) is 10.9 Å². The van der Waals surface area contributed by atoms with Crippen molar-refractivity contribution in [2.45, 2.75) is 31.9 Å². The first-order chi connectivity index (χ1) is 17.5. The van der Waals surface area contributed by atoms with Gasteiger partial charge in [-0.05, 0) is 60.9 Å². The second-order valence-corrected chi connectivity index (χ2v) is 9.00. The number of hydrogen-bond acceptors (Lipinski definition) is 6. The number of benzene rings is 2. The number of nitrogens with zero attached hydrogens (tertiary/aromatic N) is 2. The zero-order valence-electron chi connectivity index (χ0n) is 19.8. The highest BCUT2D eigenvalue weighted by atomic mass is 16.5. The molecular formula is C28H26N4O4. The maximum Gasteiger partial charge on any atom is 0.247 e. The molecule has 0 aliphatic heterocycles.